The maximum Gasteiger partial charge on any atom is 0.414 e. The molecule has 2 rings (SSSR count). The molecular formula is C14H18F3NO. The molecule has 0 spiro atoms. The number of alkyl halides is 3. The number of rotatable bonds is 4. The Hall–Kier alpha value is -1.07. The molecule has 0 radical (unpaired) electrons. The van der Waals surface area contributed by atoms with Gasteiger partial charge < -0.3 is 10.1 Å². The predicted octanol–water partition coefficient (Wildman–Crippen LogP) is 3.13. The average molecular weight is 273 g/mol. The normalized spacial score (nSPS) is 19.3. The molecule has 19 heavy (non-hydrogen) atoms. The van der Waals surface area contributed by atoms with Crippen LogP contribution in [0.4, 0.5) is 13.2 Å². The summed E-state index contributed by atoms with van der Waals surface area (Å²) in [5.41, 5.74) is 0.769. The Bertz CT molecular complexity index is 374. The van der Waals surface area contributed by atoms with E-state index < -0.39 is 18.2 Å². The minimum Gasteiger partial charge on any atom is -0.364 e. The highest BCUT2D eigenvalue weighted by Crippen LogP contribution is 2.33. The molecule has 0 saturated carbocycles. The second-order valence-electron chi connectivity index (χ2n) is 4.85. The summed E-state index contributed by atoms with van der Waals surface area (Å²) in [6.07, 6.45) is -4.93. The van der Waals surface area contributed by atoms with Crippen LogP contribution in [0, 0.1) is 5.92 Å². The largest absolute Gasteiger partial charge is 0.414 e. The minimum absolute atomic E-state index is 0.00887. The number of halogens is 3. The third kappa shape index (κ3) is 4.21. The van der Waals surface area contributed by atoms with E-state index in [0.29, 0.717) is 25.9 Å². The molecular weight excluding hydrogens is 255 g/mol. The molecule has 1 aliphatic heterocycles. The first kappa shape index (κ1) is 14.3. The van der Waals surface area contributed by atoms with Gasteiger partial charge in [0.25, 0.3) is 0 Å². The Morgan fingerprint density at radius 2 is 1.79 bits per heavy atom. The molecule has 1 aromatic carbocycles. The zero-order valence-electron chi connectivity index (χ0n) is 10.6. The van der Waals surface area contributed by atoms with Crippen LogP contribution in [-0.2, 0) is 11.3 Å². The van der Waals surface area contributed by atoms with E-state index in [2.05, 4.69) is 5.32 Å². The number of ether oxygens (including phenoxy) is 1. The van der Waals surface area contributed by atoms with Crippen molar-refractivity contribution in [1.29, 1.82) is 0 Å². The fraction of sp³-hybridized carbons (Fsp3) is 0.571. The van der Waals surface area contributed by atoms with Gasteiger partial charge in [-0.2, -0.15) is 13.2 Å². The van der Waals surface area contributed by atoms with Gasteiger partial charge in [0, 0.05) is 0 Å². The Morgan fingerprint density at radius 1 is 1.16 bits per heavy atom. The summed E-state index contributed by atoms with van der Waals surface area (Å²) in [4.78, 5) is 0. The molecule has 1 heterocycles. The van der Waals surface area contributed by atoms with Gasteiger partial charge in [0.2, 0.25) is 0 Å². The highest BCUT2D eigenvalue weighted by molar-refractivity contribution is 5.13. The maximum absolute atomic E-state index is 13.1. The van der Waals surface area contributed by atoms with Crippen LogP contribution in [0.25, 0.3) is 0 Å². The van der Waals surface area contributed by atoms with E-state index in [1.54, 1.807) is 24.3 Å². The summed E-state index contributed by atoms with van der Waals surface area (Å²) in [6, 6.07) is 8.97. The lowest BCUT2D eigenvalue weighted by molar-refractivity contribution is -0.241. The van der Waals surface area contributed by atoms with E-state index in [4.69, 9.17) is 4.74 Å². The number of piperidine rings is 1. The lowest BCUT2D eigenvalue weighted by Gasteiger charge is -2.32. The second kappa shape index (κ2) is 6.39. The summed E-state index contributed by atoms with van der Waals surface area (Å²) in [7, 11) is 0. The van der Waals surface area contributed by atoms with Crippen molar-refractivity contribution in [3.8, 4) is 0 Å². The first-order valence-corrected chi connectivity index (χ1v) is 6.50. The first-order chi connectivity index (χ1) is 9.07. The maximum atomic E-state index is 13.1. The molecule has 0 aliphatic carbocycles. The number of hydrogen-bond donors (Lipinski definition) is 1. The molecule has 5 heteroatoms. The smallest absolute Gasteiger partial charge is 0.364 e. The molecule has 1 aromatic rings. The highest BCUT2D eigenvalue weighted by atomic mass is 19.4. The van der Waals surface area contributed by atoms with Crippen molar-refractivity contribution in [2.75, 3.05) is 13.1 Å². The van der Waals surface area contributed by atoms with E-state index in [-0.39, 0.29) is 6.61 Å². The zero-order valence-corrected chi connectivity index (χ0v) is 10.6. The first-order valence-electron chi connectivity index (χ1n) is 6.50. The van der Waals surface area contributed by atoms with Gasteiger partial charge >= 0.3 is 6.18 Å². The Balaban J connectivity index is 1.98. The summed E-state index contributed by atoms with van der Waals surface area (Å²) in [5, 5.41) is 3.07. The summed E-state index contributed by atoms with van der Waals surface area (Å²) >= 11 is 0. The van der Waals surface area contributed by atoms with Gasteiger partial charge in [-0.05, 0) is 37.4 Å². The van der Waals surface area contributed by atoms with Crippen molar-refractivity contribution in [2.24, 2.45) is 5.92 Å². The van der Waals surface area contributed by atoms with Crippen LogP contribution < -0.4 is 5.32 Å². The van der Waals surface area contributed by atoms with Crippen molar-refractivity contribution in [2.45, 2.75) is 31.7 Å². The second-order valence-corrected chi connectivity index (χ2v) is 4.85. The summed E-state index contributed by atoms with van der Waals surface area (Å²) < 4.78 is 44.4. The van der Waals surface area contributed by atoms with Crippen molar-refractivity contribution < 1.29 is 17.9 Å². The van der Waals surface area contributed by atoms with Crippen molar-refractivity contribution in [3.05, 3.63) is 35.9 Å². The third-order valence-corrected chi connectivity index (χ3v) is 3.41. The van der Waals surface area contributed by atoms with Crippen LogP contribution in [-0.4, -0.2) is 25.4 Å². The molecule has 0 bridgehead atoms. The summed E-state index contributed by atoms with van der Waals surface area (Å²) in [6.45, 7) is 1.27. The van der Waals surface area contributed by atoms with Crippen LogP contribution in [0.15, 0.2) is 30.3 Å². The molecule has 1 atom stereocenters. The molecule has 2 nitrogen and oxygen atoms in total. The van der Waals surface area contributed by atoms with E-state index in [9.17, 15) is 13.2 Å². The molecule has 1 unspecified atom stereocenters. The van der Waals surface area contributed by atoms with Gasteiger partial charge in [-0.25, -0.2) is 0 Å². The number of nitrogens with one attached hydrogen (secondary N) is 1. The lowest BCUT2D eigenvalue weighted by atomic mass is 9.91. The molecule has 1 N–H and O–H groups in total. The minimum atomic E-state index is -4.29. The van der Waals surface area contributed by atoms with E-state index in [1.165, 1.54) is 0 Å². The number of benzene rings is 1. The Kier molecular flexibility index (Phi) is 4.82. The van der Waals surface area contributed by atoms with Crippen molar-refractivity contribution in [3.63, 3.8) is 0 Å². The summed E-state index contributed by atoms with van der Waals surface area (Å²) in [5.74, 6) is -0.440. The molecule has 1 saturated heterocycles. The fourth-order valence-corrected chi connectivity index (χ4v) is 2.41. The average Bonchev–Trinajstić information content (AvgIpc) is 2.40. The van der Waals surface area contributed by atoms with Gasteiger partial charge in [-0.3, -0.25) is 0 Å². The van der Waals surface area contributed by atoms with Gasteiger partial charge in [0.15, 0.2) is 6.10 Å². The molecule has 0 amide bonds. The van der Waals surface area contributed by atoms with Gasteiger partial charge in [0.05, 0.1) is 6.61 Å². The quantitative estimate of drug-likeness (QED) is 0.910. The van der Waals surface area contributed by atoms with Crippen molar-refractivity contribution in [1.82, 2.24) is 5.32 Å². The van der Waals surface area contributed by atoms with Crippen LogP contribution in [0.5, 0.6) is 0 Å². The fourth-order valence-electron chi connectivity index (χ4n) is 2.41. The standard InChI is InChI=1S/C14H18F3NO/c15-14(16,17)13(12-6-8-18-9-7-12)19-10-11-4-2-1-3-5-11/h1-5,12-13,18H,6-10H2. The van der Waals surface area contributed by atoms with Gasteiger partial charge in [-0.15, -0.1) is 0 Å². The third-order valence-electron chi connectivity index (χ3n) is 3.41. The van der Waals surface area contributed by atoms with Crippen LogP contribution >= 0.6 is 0 Å². The predicted molar refractivity (Wildman–Crippen MR) is 66.7 cm³/mol. The highest BCUT2D eigenvalue weighted by Gasteiger charge is 2.45. The lowest BCUT2D eigenvalue weighted by Crippen LogP contribution is -2.43. The number of hydrogen-bond acceptors (Lipinski definition) is 2. The van der Waals surface area contributed by atoms with Gasteiger partial charge in [0.1, 0.15) is 0 Å². The Labute approximate surface area is 111 Å². The monoisotopic (exact) mass is 273 g/mol. The molecule has 106 valence electrons. The van der Waals surface area contributed by atoms with E-state index in [1.807, 2.05) is 6.07 Å². The van der Waals surface area contributed by atoms with Gasteiger partial charge in [-0.1, -0.05) is 30.3 Å². The molecule has 1 fully saturated rings. The Morgan fingerprint density at radius 3 is 2.37 bits per heavy atom. The zero-order chi connectivity index (χ0) is 13.7. The SMILES string of the molecule is FC(F)(F)C(OCc1ccccc1)C1CCNCC1. The molecule has 0 aromatic heterocycles. The topological polar surface area (TPSA) is 21.3 Å². The van der Waals surface area contributed by atoms with E-state index in [0.717, 1.165) is 5.56 Å². The van der Waals surface area contributed by atoms with Crippen LogP contribution in [0.3, 0.4) is 0 Å². The molecule has 1 aliphatic rings. The van der Waals surface area contributed by atoms with E-state index >= 15 is 0 Å². The van der Waals surface area contributed by atoms with Crippen LogP contribution in [0.1, 0.15) is 18.4 Å². The van der Waals surface area contributed by atoms with Crippen LogP contribution in [0.2, 0.25) is 0 Å². The van der Waals surface area contributed by atoms with Crippen molar-refractivity contribution >= 4 is 0 Å².